The second-order valence-corrected chi connectivity index (χ2v) is 5.73. The molecule has 0 radical (unpaired) electrons. The Morgan fingerprint density at radius 3 is 0.968 bits per heavy atom. The van der Waals surface area contributed by atoms with E-state index in [0.29, 0.717) is 36.5 Å². The van der Waals surface area contributed by atoms with Crippen LogP contribution in [0.25, 0.3) is 0 Å². The molecule has 0 aliphatic rings. The summed E-state index contributed by atoms with van der Waals surface area (Å²) in [5, 5.41) is 27.0. The first-order valence-electron chi connectivity index (χ1n) is 9.15. The molecule has 9 nitrogen and oxygen atoms in total. The van der Waals surface area contributed by atoms with Crippen molar-refractivity contribution in [1.82, 2.24) is 0 Å². The van der Waals surface area contributed by atoms with E-state index in [1.165, 1.54) is 37.0 Å². The molecule has 170 valence electrons. The molecule has 3 heterocycles. The molecule has 3 rings (SSSR count). The molecule has 0 aromatic carbocycles. The molecule has 0 amide bonds. The van der Waals surface area contributed by atoms with Crippen LogP contribution in [0.1, 0.15) is 38.1 Å². The van der Waals surface area contributed by atoms with Crippen LogP contribution in [-0.2, 0) is 36.3 Å². The topological polar surface area (TPSA) is 151 Å². The molecule has 0 aliphatic heterocycles. The smallest absolute Gasteiger partial charge is 0.226 e. The summed E-state index contributed by atoms with van der Waals surface area (Å²) in [5.74, 6) is 0.201. The normalized spacial score (nSPS) is 9.39. The van der Waals surface area contributed by atoms with E-state index in [4.69, 9.17) is 28.6 Å². The van der Waals surface area contributed by atoms with Gasteiger partial charge in [-0.2, -0.15) is 0 Å². The van der Waals surface area contributed by atoms with Crippen molar-refractivity contribution in [3.63, 3.8) is 0 Å². The van der Waals surface area contributed by atoms with Gasteiger partial charge in [0.05, 0.1) is 18.8 Å². The SMILES string of the molecule is CCc1occc(=O)c1O.CCc1occc(=O)c1O.CCc1occc(=O)c1O.[Fe]. The third-order valence-electron chi connectivity index (χ3n) is 3.75. The van der Waals surface area contributed by atoms with Gasteiger partial charge in [0.1, 0.15) is 17.3 Å². The Bertz CT molecular complexity index is 971. The summed E-state index contributed by atoms with van der Waals surface area (Å²) in [4.78, 5) is 32.1. The fourth-order valence-corrected chi connectivity index (χ4v) is 2.10. The molecule has 3 N–H and O–H groups in total. The molecular weight excluding hydrogens is 452 g/mol. The third kappa shape index (κ3) is 8.19. The Hall–Kier alpha value is -3.23. The van der Waals surface area contributed by atoms with E-state index < -0.39 is 0 Å². The average Bonchev–Trinajstić information content (AvgIpc) is 2.75. The molecule has 3 aromatic rings. The summed E-state index contributed by atoms with van der Waals surface area (Å²) in [7, 11) is 0. The van der Waals surface area contributed by atoms with Gasteiger partial charge in [-0.25, -0.2) is 0 Å². The van der Waals surface area contributed by atoms with Gasteiger partial charge in [0, 0.05) is 54.5 Å². The number of rotatable bonds is 3. The summed E-state index contributed by atoms with van der Waals surface area (Å²) in [6.45, 7) is 5.41. The van der Waals surface area contributed by atoms with E-state index in [9.17, 15) is 14.4 Å². The van der Waals surface area contributed by atoms with Gasteiger partial charge in [-0.05, 0) is 0 Å². The summed E-state index contributed by atoms with van der Waals surface area (Å²) in [5.41, 5.74) is -1.16. The molecule has 31 heavy (non-hydrogen) atoms. The van der Waals surface area contributed by atoms with Crippen LogP contribution >= 0.6 is 0 Å². The predicted molar refractivity (Wildman–Crippen MR) is 108 cm³/mol. The van der Waals surface area contributed by atoms with Gasteiger partial charge >= 0.3 is 0 Å². The summed E-state index contributed by atoms with van der Waals surface area (Å²) < 4.78 is 14.5. The minimum Gasteiger partial charge on any atom is -0.502 e. The Morgan fingerprint density at radius 2 is 0.806 bits per heavy atom. The first-order valence-corrected chi connectivity index (χ1v) is 9.15. The first-order chi connectivity index (χ1) is 14.3. The van der Waals surface area contributed by atoms with E-state index in [0.717, 1.165) is 0 Å². The monoisotopic (exact) mass is 476 g/mol. The summed E-state index contributed by atoms with van der Waals surface area (Å²) in [6, 6.07) is 3.57. The molecule has 3 aromatic heterocycles. The second kappa shape index (κ2) is 13.9. The van der Waals surface area contributed by atoms with Crippen molar-refractivity contribution in [2.24, 2.45) is 0 Å². The van der Waals surface area contributed by atoms with Gasteiger partial charge in [-0.1, -0.05) is 20.8 Å². The molecule has 0 spiro atoms. The molecular formula is C21H24FeO9. The number of hydrogen-bond acceptors (Lipinski definition) is 9. The Balaban J connectivity index is 0.000000429. The van der Waals surface area contributed by atoms with Crippen molar-refractivity contribution in [2.75, 3.05) is 0 Å². The predicted octanol–water partition coefficient (Wildman–Crippen LogP) is 2.72. The van der Waals surface area contributed by atoms with Gasteiger partial charge in [-0.15, -0.1) is 0 Å². The standard InChI is InChI=1S/3C7H8O3.Fe/c3*1-2-6-7(9)5(8)3-4-10-6;/h3*3-4,9H,2H2,1H3;. The van der Waals surface area contributed by atoms with Crippen LogP contribution in [0.4, 0.5) is 0 Å². The summed E-state index contributed by atoms with van der Waals surface area (Å²) >= 11 is 0. The van der Waals surface area contributed by atoms with Gasteiger partial charge in [-0.3, -0.25) is 14.4 Å². The van der Waals surface area contributed by atoms with Crippen molar-refractivity contribution in [2.45, 2.75) is 40.0 Å². The summed E-state index contributed by atoms with van der Waals surface area (Å²) in [6.07, 6.45) is 5.42. The number of aromatic hydroxyl groups is 3. The van der Waals surface area contributed by atoms with E-state index in [-0.39, 0.29) is 50.6 Å². The zero-order valence-corrected chi connectivity index (χ0v) is 18.3. The molecule has 0 saturated heterocycles. The van der Waals surface area contributed by atoms with Crippen molar-refractivity contribution in [3.8, 4) is 17.2 Å². The Morgan fingerprint density at radius 1 is 0.581 bits per heavy atom. The molecule has 0 unspecified atom stereocenters. The maximum Gasteiger partial charge on any atom is 0.226 e. The molecule has 0 bridgehead atoms. The minimum absolute atomic E-state index is 0. The maximum absolute atomic E-state index is 10.7. The van der Waals surface area contributed by atoms with E-state index in [1.54, 1.807) is 20.8 Å². The molecule has 0 atom stereocenters. The Labute approximate surface area is 188 Å². The quantitative estimate of drug-likeness (QED) is 0.485. The van der Waals surface area contributed by atoms with Gasteiger partial charge < -0.3 is 28.6 Å². The van der Waals surface area contributed by atoms with Crippen LogP contribution in [-0.4, -0.2) is 15.3 Å². The zero-order chi connectivity index (χ0) is 22.7. The van der Waals surface area contributed by atoms with E-state index in [2.05, 4.69) is 0 Å². The minimum atomic E-state index is -0.386. The fourth-order valence-electron chi connectivity index (χ4n) is 2.10. The van der Waals surface area contributed by atoms with Crippen LogP contribution in [0.3, 0.4) is 0 Å². The van der Waals surface area contributed by atoms with Crippen LogP contribution < -0.4 is 16.3 Å². The number of aryl methyl sites for hydroxylation is 3. The van der Waals surface area contributed by atoms with Crippen LogP contribution in [0.15, 0.2) is 64.6 Å². The third-order valence-corrected chi connectivity index (χ3v) is 3.75. The number of hydrogen-bond donors (Lipinski definition) is 3. The van der Waals surface area contributed by atoms with Crippen molar-refractivity contribution in [3.05, 3.63) is 84.9 Å². The van der Waals surface area contributed by atoms with Crippen molar-refractivity contribution >= 4 is 0 Å². The molecule has 10 heteroatoms. The fraction of sp³-hybridized carbons (Fsp3) is 0.286. The molecule has 0 aliphatic carbocycles. The average molecular weight is 476 g/mol. The van der Waals surface area contributed by atoms with Gasteiger partial charge in [0.25, 0.3) is 0 Å². The van der Waals surface area contributed by atoms with Crippen LogP contribution in [0, 0.1) is 0 Å². The van der Waals surface area contributed by atoms with E-state index in [1.807, 2.05) is 0 Å². The second-order valence-electron chi connectivity index (χ2n) is 5.73. The maximum atomic E-state index is 10.7. The van der Waals surface area contributed by atoms with E-state index >= 15 is 0 Å². The van der Waals surface area contributed by atoms with Crippen LogP contribution in [0.2, 0.25) is 0 Å². The van der Waals surface area contributed by atoms with Gasteiger partial charge in [0.2, 0.25) is 33.5 Å². The largest absolute Gasteiger partial charge is 0.502 e. The molecule has 0 saturated carbocycles. The van der Waals surface area contributed by atoms with Gasteiger partial charge in [0.15, 0.2) is 0 Å². The van der Waals surface area contributed by atoms with Crippen LogP contribution in [0.5, 0.6) is 17.2 Å². The molecule has 0 fully saturated rings. The first kappa shape index (κ1) is 27.8. The zero-order valence-electron chi connectivity index (χ0n) is 17.2. The van der Waals surface area contributed by atoms with Crippen molar-refractivity contribution in [1.29, 1.82) is 0 Å². The Kier molecular flexibility index (Phi) is 12.4. The van der Waals surface area contributed by atoms with Crippen molar-refractivity contribution < 1.29 is 45.6 Å².